The van der Waals surface area contributed by atoms with Crippen LogP contribution in [0.5, 0.6) is 0 Å². The van der Waals surface area contributed by atoms with E-state index in [9.17, 15) is 0 Å². The first-order chi connectivity index (χ1) is 11.3. The highest BCUT2D eigenvalue weighted by Crippen LogP contribution is 2.41. The Morgan fingerprint density at radius 2 is 2.13 bits per heavy atom. The summed E-state index contributed by atoms with van der Waals surface area (Å²) >= 11 is 0. The molecule has 2 fully saturated rings. The van der Waals surface area contributed by atoms with E-state index >= 15 is 0 Å². The summed E-state index contributed by atoms with van der Waals surface area (Å²) in [4.78, 5) is 9.05. The maximum Gasteiger partial charge on any atom is 0.0922 e. The van der Waals surface area contributed by atoms with Gasteiger partial charge in [-0.05, 0) is 44.4 Å². The zero-order valence-corrected chi connectivity index (χ0v) is 13.0. The molecule has 2 heterocycles. The van der Waals surface area contributed by atoms with E-state index in [2.05, 4.69) is 20.6 Å². The number of hydrogen-bond donors (Lipinski definition) is 3. The number of piperidine rings is 1. The van der Waals surface area contributed by atoms with Crippen molar-refractivity contribution in [3.8, 4) is 0 Å². The van der Waals surface area contributed by atoms with Crippen LogP contribution in [0.15, 0.2) is 36.7 Å². The van der Waals surface area contributed by atoms with E-state index in [0.29, 0.717) is 11.6 Å². The first kappa shape index (κ1) is 14.3. The van der Waals surface area contributed by atoms with Crippen molar-refractivity contribution in [1.29, 1.82) is 5.41 Å². The first-order valence-electron chi connectivity index (χ1n) is 8.22. The minimum absolute atomic E-state index is 0.400. The molecule has 1 spiro atoms. The molecule has 23 heavy (non-hydrogen) atoms. The number of nitrogens with zero attached hydrogens (tertiary/aromatic N) is 2. The number of rotatable bonds is 4. The van der Waals surface area contributed by atoms with Gasteiger partial charge in [-0.2, -0.15) is 0 Å². The van der Waals surface area contributed by atoms with E-state index in [1.807, 2.05) is 30.5 Å². The van der Waals surface area contributed by atoms with Crippen molar-refractivity contribution in [3.05, 3.63) is 42.4 Å². The van der Waals surface area contributed by atoms with Crippen molar-refractivity contribution < 1.29 is 0 Å². The fourth-order valence-corrected chi connectivity index (χ4v) is 3.32. The number of benzene rings is 1. The van der Waals surface area contributed by atoms with Crippen molar-refractivity contribution >= 4 is 22.8 Å². The number of para-hydroxylation sites is 2. The molecule has 1 saturated heterocycles. The van der Waals surface area contributed by atoms with Crippen molar-refractivity contribution in [2.45, 2.75) is 37.3 Å². The van der Waals surface area contributed by atoms with Crippen LogP contribution in [0.2, 0.25) is 0 Å². The van der Waals surface area contributed by atoms with E-state index < -0.39 is 0 Å². The van der Waals surface area contributed by atoms with Gasteiger partial charge in [0.15, 0.2) is 0 Å². The number of hydrogen-bond acceptors (Lipinski definition) is 5. The highest BCUT2D eigenvalue weighted by Gasteiger charge is 2.45. The molecule has 1 aliphatic heterocycles. The summed E-state index contributed by atoms with van der Waals surface area (Å²) in [5, 5.41) is 14.8. The zero-order chi connectivity index (χ0) is 15.7. The predicted molar refractivity (Wildman–Crippen MR) is 92.4 cm³/mol. The highest BCUT2D eigenvalue weighted by molar-refractivity contribution is 6.07. The third-order valence-corrected chi connectivity index (χ3v) is 4.86. The van der Waals surface area contributed by atoms with Gasteiger partial charge < -0.3 is 16.0 Å². The molecule has 0 bridgehead atoms. The molecular weight excluding hydrogens is 286 g/mol. The molecule has 5 heteroatoms. The van der Waals surface area contributed by atoms with Crippen LogP contribution in [0.4, 0.5) is 0 Å². The molecule has 1 saturated carbocycles. The van der Waals surface area contributed by atoms with Crippen LogP contribution in [-0.4, -0.2) is 34.3 Å². The molecule has 1 atom stereocenters. The Bertz CT molecular complexity index is 763. The van der Waals surface area contributed by atoms with Crippen molar-refractivity contribution in [2.75, 3.05) is 6.54 Å². The molecule has 3 N–H and O–H groups in total. The van der Waals surface area contributed by atoms with Gasteiger partial charge in [0.05, 0.1) is 22.9 Å². The normalized spacial score (nSPS) is 23.0. The van der Waals surface area contributed by atoms with E-state index in [1.165, 1.54) is 19.1 Å². The van der Waals surface area contributed by atoms with Gasteiger partial charge in [-0.25, -0.2) is 4.98 Å². The number of fused-ring (bicyclic) bond motifs is 1. The smallest absolute Gasteiger partial charge is 0.0922 e. The number of aromatic nitrogens is 2. The summed E-state index contributed by atoms with van der Waals surface area (Å²) in [6.07, 6.45) is 9.89. The third kappa shape index (κ3) is 2.97. The van der Waals surface area contributed by atoms with Gasteiger partial charge in [-0.15, -0.1) is 0 Å². The second-order valence-corrected chi connectivity index (χ2v) is 6.55. The Kier molecular flexibility index (Phi) is 3.58. The summed E-state index contributed by atoms with van der Waals surface area (Å²) in [7, 11) is 0. The van der Waals surface area contributed by atoms with E-state index in [1.54, 1.807) is 6.20 Å². The lowest BCUT2D eigenvalue weighted by Gasteiger charge is -2.30. The third-order valence-electron chi connectivity index (χ3n) is 4.86. The van der Waals surface area contributed by atoms with Gasteiger partial charge in [-0.1, -0.05) is 12.1 Å². The fourth-order valence-electron chi connectivity index (χ4n) is 3.32. The topological polar surface area (TPSA) is 73.7 Å². The second-order valence-electron chi connectivity index (χ2n) is 6.55. The second kappa shape index (κ2) is 5.74. The van der Waals surface area contributed by atoms with Crippen LogP contribution in [0.1, 0.15) is 31.4 Å². The minimum atomic E-state index is 0.400. The Balaban J connectivity index is 1.53. The van der Waals surface area contributed by atoms with Gasteiger partial charge in [0.2, 0.25) is 0 Å². The Labute approximate surface area is 135 Å². The maximum atomic E-state index is 7.70. The summed E-state index contributed by atoms with van der Waals surface area (Å²) in [5.41, 5.74) is 3.64. The quantitative estimate of drug-likeness (QED) is 0.759. The Morgan fingerprint density at radius 3 is 2.91 bits per heavy atom. The maximum absolute atomic E-state index is 7.70. The monoisotopic (exact) mass is 307 g/mol. The molecule has 1 aromatic carbocycles. The van der Waals surface area contributed by atoms with Crippen LogP contribution in [0, 0.1) is 5.41 Å². The van der Waals surface area contributed by atoms with Crippen LogP contribution in [-0.2, 0) is 0 Å². The predicted octanol–water partition coefficient (Wildman–Crippen LogP) is 2.49. The molecule has 4 rings (SSSR count). The van der Waals surface area contributed by atoms with Gasteiger partial charge in [0, 0.05) is 29.6 Å². The molecule has 5 nitrogen and oxygen atoms in total. The average molecular weight is 307 g/mol. The Morgan fingerprint density at radius 1 is 1.30 bits per heavy atom. The molecule has 1 unspecified atom stereocenters. The summed E-state index contributed by atoms with van der Waals surface area (Å²) in [5.74, 6) is 0. The van der Waals surface area contributed by atoms with Gasteiger partial charge in [-0.3, -0.25) is 4.98 Å². The number of allylic oxidation sites excluding steroid dienone is 1. The van der Waals surface area contributed by atoms with E-state index in [-0.39, 0.29) is 0 Å². The van der Waals surface area contributed by atoms with Crippen molar-refractivity contribution in [2.24, 2.45) is 0 Å². The molecule has 118 valence electrons. The lowest BCUT2D eigenvalue weighted by Crippen LogP contribution is -2.46. The molecule has 0 radical (unpaired) electrons. The number of nitrogens with one attached hydrogen (secondary N) is 3. The Hall–Kier alpha value is -2.27. The van der Waals surface area contributed by atoms with E-state index in [0.717, 1.165) is 41.7 Å². The summed E-state index contributed by atoms with van der Waals surface area (Å²) < 4.78 is 0. The standard InChI is InChI=1S/C18H21N5/c19-10-13(11-20-14-5-8-22-18(9-14)6-7-18)17-12-21-15-3-1-2-4-16(15)23-17/h1-4,10-12,14,19-20,22H,5-9H2/b13-11+,19-10?. The fraction of sp³-hybridized carbons (Fsp3) is 0.389. The SMILES string of the molecule is N=C/C(=C\NC1CCNC2(CC2)C1)c1cnc2ccccc2n1. The van der Waals surface area contributed by atoms with E-state index in [4.69, 9.17) is 5.41 Å². The minimum Gasteiger partial charge on any atom is -0.387 e. The molecule has 2 aromatic rings. The van der Waals surface area contributed by atoms with Crippen molar-refractivity contribution in [3.63, 3.8) is 0 Å². The van der Waals surface area contributed by atoms with Gasteiger partial charge in [0.25, 0.3) is 0 Å². The first-order valence-corrected chi connectivity index (χ1v) is 8.22. The largest absolute Gasteiger partial charge is 0.387 e. The van der Waals surface area contributed by atoms with Crippen LogP contribution < -0.4 is 10.6 Å². The average Bonchev–Trinajstić information content (AvgIpc) is 3.34. The van der Waals surface area contributed by atoms with Gasteiger partial charge in [0.1, 0.15) is 0 Å². The molecule has 1 aliphatic carbocycles. The summed E-state index contributed by atoms with van der Waals surface area (Å²) in [6.45, 7) is 1.07. The molecule has 1 aromatic heterocycles. The lowest BCUT2D eigenvalue weighted by atomic mass is 9.97. The molecular formula is C18H21N5. The zero-order valence-electron chi connectivity index (χ0n) is 13.0. The lowest BCUT2D eigenvalue weighted by molar-refractivity contribution is 0.323. The highest BCUT2D eigenvalue weighted by atomic mass is 15.1. The van der Waals surface area contributed by atoms with Gasteiger partial charge >= 0.3 is 0 Å². The molecule has 0 amide bonds. The molecule has 2 aliphatic rings. The van der Waals surface area contributed by atoms with Crippen molar-refractivity contribution in [1.82, 2.24) is 20.6 Å². The van der Waals surface area contributed by atoms with Crippen LogP contribution in [0.25, 0.3) is 16.6 Å². The summed E-state index contributed by atoms with van der Waals surface area (Å²) in [6, 6.07) is 8.28. The van der Waals surface area contributed by atoms with Crippen LogP contribution >= 0.6 is 0 Å². The van der Waals surface area contributed by atoms with Crippen LogP contribution in [0.3, 0.4) is 0 Å².